The molecule has 0 aromatic carbocycles. The van der Waals surface area contributed by atoms with Crippen molar-refractivity contribution >= 4 is 17.3 Å². The second-order valence-electron chi connectivity index (χ2n) is 5.51. The van der Waals surface area contributed by atoms with Crippen molar-refractivity contribution in [2.45, 2.75) is 39.7 Å². The average Bonchev–Trinajstić information content (AvgIpc) is 2.91. The number of ether oxygens (including phenoxy) is 1. The quantitative estimate of drug-likeness (QED) is 0.932. The molecule has 6 heteroatoms. The lowest BCUT2D eigenvalue weighted by atomic mass is 9.94. The molecule has 0 atom stereocenters. The van der Waals surface area contributed by atoms with Gasteiger partial charge in [-0.1, -0.05) is 20.8 Å². The number of carbonyl (C=O) groups is 1. The molecule has 2 aromatic rings. The van der Waals surface area contributed by atoms with Crippen LogP contribution in [0.4, 0.5) is 0 Å². The molecular weight excluding hydrogens is 278 g/mol. The molecule has 0 fully saturated rings. The van der Waals surface area contributed by atoms with E-state index in [1.807, 2.05) is 27.7 Å². The zero-order valence-electron chi connectivity index (χ0n) is 11.9. The normalized spacial score (nSPS) is 11.6. The number of aryl methyl sites for hydroxylation is 1. The van der Waals surface area contributed by atoms with Gasteiger partial charge in [-0.05, 0) is 13.0 Å². The molecule has 0 radical (unpaired) electrons. The van der Waals surface area contributed by atoms with E-state index >= 15 is 0 Å². The van der Waals surface area contributed by atoms with E-state index < -0.39 is 5.97 Å². The Kier molecular flexibility index (Phi) is 3.85. The van der Waals surface area contributed by atoms with Gasteiger partial charge in [0.1, 0.15) is 11.5 Å². The van der Waals surface area contributed by atoms with E-state index in [1.165, 1.54) is 11.3 Å². The highest BCUT2D eigenvalue weighted by molar-refractivity contribution is 7.14. The number of thiophene rings is 1. The molecule has 5 nitrogen and oxygen atoms in total. The largest absolute Gasteiger partial charge is 0.482 e. The molecule has 0 saturated heterocycles. The number of hydrogen-bond donors (Lipinski definition) is 1. The Morgan fingerprint density at radius 2 is 2.20 bits per heavy atom. The van der Waals surface area contributed by atoms with Gasteiger partial charge in [0, 0.05) is 10.3 Å². The van der Waals surface area contributed by atoms with Crippen molar-refractivity contribution in [3.63, 3.8) is 0 Å². The lowest BCUT2D eigenvalue weighted by Gasteiger charge is -2.13. The Labute approximate surface area is 121 Å². The van der Waals surface area contributed by atoms with Gasteiger partial charge in [-0.25, -0.2) is 9.78 Å². The Morgan fingerprint density at radius 3 is 2.75 bits per heavy atom. The van der Waals surface area contributed by atoms with Crippen LogP contribution in [0.1, 0.15) is 47.0 Å². The summed E-state index contributed by atoms with van der Waals surface area (Å²) >= 11 is 1.19. The van der Waals surface area contributed by atoms with Crippen molar-refractivity contribution in [1.82, 2.24) is 4.98 Å². The molecule has 2 heterocycles. The first-order valence-electron chi connectivity index (χ1n) is 6.19. The second kappa shape index (κ2) is 5.28. The van der Waals surface area contributed by atoms with Crippen LogP contribution in [0.25, 0.3) is 0 Å². The molecule has 108 valence electrons. The van der Waals surface area contributed by atoms with E-state index in [0.717, 1.165) is 10.6 Å². The first-order chi connectivity index (χ1) is 9.27. The molecule has 2 rings (SSSR count). The highest BCUT2D eigenvalue weighted by Crippen LogP contribution is 2.30. The summed E-state index contributed by atoms with van der Waals surface area (Å²) < 4.78 is 11.1. The molecule has 0 aliphatic heterocycles. The summed E-state index contributed by atoms with van der Waals surface area (Å²) in [6.45, 7) is 8.05. The summed E-state index contributed by atoms with van der Waals surface area (Å²) in [4.78, 5) is 16.3. The van der Waals surface area contributed by atoms with Gasteiger partial charge >= 0.3 is 5.97 Å². The molecule has 0 spiro atoms. The maximum absolute atomic E-state index is 11.1. The lowest BCUT2D eigenvalue weighted by Crippen LogP contribution is -2.09. The third-order valence-corrected chi connectivity index (χ3v) is 3.68. The van der Waals surface area contributed by atoms with Crippen molar-refractivity contribution < 1.29 is 19.1 Å². The zero-order chi connectivity index (χ0) is 14.9. The summed E-state index contributed by atoms with van der Waals surface area (Å²) in [7, 11) is 0. The van der Waals surface area contributed by atoms with Crippen LogP contribution in [0, 0.1) is 6.92 Å². The van der Waals surface area contributed by atoms with Crippen molar-refractivity contribution in [2.75, 3.05) is 0 Å². The Morgan fingerprint density at radius 1 is 1.50 bits per heavy atom. The van der Waals surface area contributed by atoms with E-state index in [0.29, 0.717) is 11.6 Å². The van der Waals surface area contributed by atoms with Gasteiger partial charge in [0.15, 0.2) is 11.5 Å². The smallest absolute Gasteiger partial charge is 0.349 e. The first-order valence-corrected chi connectivity index (χ1v) is 7.00. The molecule has 1 N–H and O–H groups in total. The van der Waals surface area contributed by atoms with E-state index in [9.17, 15) is 4.79 Å². The maximum atomic E-state index is 11.1. The van der Waals surface area contributed by atoms with E-state index in [2.05, 4.69) is 4.98 Å². The van der Waals surface area contributed by atoms with Crippen LogP contribution < -0.4 is 4.74 Å². The summed E-state index contributed by atoms with van der Waals surface area (Å²) in [6.07, 6.45) is 1.68. The summed E-state index contributed by atoms with van der Waals surface area (Å²) in [5, 5.41) is 9.08. The number of rotatable bonds is 4. The monoisotopic (exact) mass is 295 g/mol. The highest BCUT2D eigenvalue weighted by Gasteiger charge is 2.20. The fraction of sp³-hybridized carbons (Fsp3) is 0.429. The van der Waals surface area contributed by atoms with Gasteiger partial charge in [-0.15, -0.1) is 11.3 Å². The molecule has 2 aromatic heterocycles. The average molecular weight is 295 g/mol. The van der Waals surface area contributed by atoms with Crippen LogP contribution in [-0.2, 0) is 12.0 Å². The van der Waals surface area contributed by atoms with Crippen molar-refractivity contribution in [1.29, 1.82) is 0 Å². The fourth-order valence-corrected chi connectivity index (χ4v) is 2.40. The number of hydrogen-bond acceptors (Lipinski definition) is 5. The number of carboxylic acid groups (broad SMARTS) is 1. The van der Waals surface area contributed by atoms with Gasteiger partial charge < -0.3 is 14.3 Å². The van der Waals surface area contributed by atoms with Crippen LogP contribution in [-0.4, -0.2) is 16.1 Å². The third-order valence-electron chi connectivity index (χ3n) is 2.66. The van der Waals surface area contributed by atoms with Gasteiger partial charge in [-0.3, -0.25) is 0 Å². The number of oxazole rings is 1. The topological polar surface area (TPSA) is 72.6 Å². The third kappa shape index (κ3) is 3.19. The van der Waals surface area contributed by atoms with E-state index in [-0.39, 0.29) is 16.9 Å². The Bertz CT molecular complexity index is 621. The minimum Gasteiger partial charge on any atom is -0.482 e. The Hall–Kier alpha value is -1.82. The van der Waals surface area contributed by atoms with Crippen LogP contribution in [0.3, 0.4) is 0 Å². The zero-order valence-corrected chi connectivity index (χ0v) is 12.7. The lowest BCUT2D eigenvalue weighted by molar-refractivity contribution is 0.0697. The highest BCUT2D eigenvalue weighted by atomic mass is 32.1. The predicted molar refractivity (Wildman–Crippen MR) is 75.6 cm³/mol. The molecule has 0 unspecified atom stereocenters. The van der Waals surface area contributed by atoms with Gasteiger partial charge in [-0.2, -0.15) is 0 Å². The summed E-state index contributed by atoms with van der Waals surface area (Å²) in [5.74, 6) is 0.586. The molecule has 0 bridgehead atoms. The number of aromatic nitrogens is 1. The number of carboxylic acids is 1. The molecule has 0 aliphatic rings. The van der Waals surface area contributed by atoms with Crippen LogP contribution >= 0.6 is 11.3 Å². The standard InChI is InChI=1S/C14H17NO4S/c1-8-5-9(12(20-8)13(16)17)18-7-11-15-6-10(19-11)14(2,3)4/h5-6H,7H2,1-4H3,(H,16,17). The summed E-state index contributed by atoms with van der Waals surface area (Å²) in [5.41, 5.74) is -0.115. The van der Waals surface area contributed by atoms with Crippen LogP contribution in [0.15, 0.2) is 16.7 Å². The van der Waals surface area contributed by atoms with Gasteiger partial charge in [0.2, 0.25) is 5.89 Å². The van der Waals surface area contributed by atoms with Crippen molar-refractivity contribution in [3.8, 4) is 5.75 Å². The molecule has 20 heavy (non-hydrogen) atoms. The van der Waals surface area contributed by atoms with E-state index in [1.54, 1.807) is 12.3 Å². The van der Waals surface area contributed by atoms with Crippen LogP contribution in [0.2, 0.25) is 0 Å². The SMILES string of the molecule is Cc1cc(OCc2ncc(C(C)(C)C)o2)c(C(=O)O)s1. The Balaban J connectivity index is 2.09. The molecule has 0 saturated carbocycles. The minimum atomic E-state index is -0.985. The van der Waals surface area contributed by atoms with E-state index in [4.69, 9.17) is 14.3 Å². The van der Waals surface area contributed by atoms with Gasteiger partial charge in [0.05, 0.1) is 6.20 Å². The molecule has 0 aliphatic carbocycles. The molecule has 0 amide bonds. The number of aromatic carboxylic acids is 1. The first kappa shape index (κ1) is 14.6. The van der Waals surface area contributed by atoms with Crippen LogP contribution in [0.5, 0.6) is 5.75 Å². The minimum absolute atomic E-state index is 0.115. The predicted octanol–water partition coefficient (Wildman–Crippen LogP) is 3.62. The van der Waals surface area contributed by atoms with Crippen molar-refractivity contribution in [2.24, 2.45) is 0 Å². The maximum Gasteiger partial charge on any atom is 0.349 e. The molecular formula is C14H17NO4S. The number of nitrogens with zero attached hydrogens (tertiary/aromatic N) is 1. The van der Waals surface area contributed by atoms with Gasteiger partial charge in [0.25, 0.3) is 0 Å². The van der Waals surface area contributed by atoms with Crippen molar-refractivity contribution in [3.05, 3.63) is 33.7 Å². The second-order valence-corrected chi connectivity index (χ2v) is 6.77. The summed E-state index contributed by atoms with van der Waals surface area (Å²) in [6, 6.07) is 1.71. The fourth-order valence-electron chi connectivity index (χ4n) is 1.61.